The van der Waals surface area contributed by atoms with Crippen LogP contribution in [0, 0.1) is 0 Å². The first-order chi connectivity index (χ1) is 20.4. The molecule has 3 heterocycles. The maximum Gasteiger partial charge on any atom is 0.267 e. The molecule has 228 valence electrons. The van der Waals surface area contributed by atoms with Gasteiger partial charge in [0.1, 0.15) is 10.6 Å². The summed E-state index contributed by atoms with van der Waals surface area (Å²) in [6, 6.07) is 13.6. The largest absolute Gasteiger partial charge is 0.438 e. The highest BCUT2D eigenvalue weighted by Crippen LogP contribution is 2.41. The van der Waals surface area contributed by atoms with Gasteiger partial charge in [-0.1, -0.05) is 63.6 Å². The van der Waals surface area contributed by atoms with Gasteiger partial charge in [0.2, 0.25) is 11.8 Å². The Bertz CT molecular complexity index is 1710. The molecule has 0 radical (unpaired) electrons. The Balaban J connectivity index is 1.60. The Hall–Kier alpha value is -3.67. The molecule has 2 aromatic heterocycles. The normalized spacial score (nSPS) is 14.5. The summed E-state index contributed by atoms with van der Waals surface area (Å²) in [4.78, 5) is 14.0. The van der Waals surface area contributed by atoms with Crippen molar-refractivity contribution in [3.8, 4) is 22.9 Å². The lowest BCUT2D eigenvalue weighted by molar-refractivity contribution is 0.313. The molecule has 10 nitrogen and oxygen atoms in total. The molecule has 1 aliphatic heterocycles. The van der Waals surface area contributed by atoms with E-state index in [1.165, 1.54) is 17.1 Å². The van der Waals surface area contributed by atoms with Gasteiger partial charge >= 0.3 is 0 Å². The van der Waals surface area contributed by atoms with Crippen molar-refractivity contribution in [2.75, 3.05) is 42.8 Å². The van der Waals surface area contributed by atoms with Crippen LogP contribution in [0.5, 0.6) is 11.6 Å². The number of halogens is 1. The van der Waals surface area contributed by atoms with Gasteiger partial charge in [-0.2, -0.15) is 10.1 Å². The molecule has 4 aromatic rings. The quantitative estimate of drug-likeness (QED) is 0.238. The first kappa shape index (κ1) is 30.8. The number of anilines is 2. The lowest BCUT2D eigenvalue weighted by Crippen LogP contribution is -2.44. The Morgan fingerprint density at radius 2 is 1.67 bits per heavy atom. The highest BCUT2D eigenvalue weighted by Gasteiger charge is 2.26. The molecule has 0 unspecified atom stereocenters. The number of rotatable bonds is 9. The first-order valence-corrected chi connectivity index (χ1v) is 16.2. The number of benzene rings is 2. The maximum atomic E-state index is 13.3. The minimum absolute atomic E-state index is 0.00409. The second-order valence-corrected chi connectivity index (χ2v) is 13.6. The molecule has 0 amide bonds. The van der Waals surface area contributed by atoms with Gasteiger partial charge in [-0.25, -0.2) is 18.1 Å². The van der Waals surface area contributed by atoms with E-state index in [0.717, 1.165) is 48.6 Å². The van der Waals surface area contributed by atoms with Gasteiger partial charge in [0.25, 0.3) is 10.0 Å². The van der Waals surface area contributed by atoms with Crippen molar-refractivity contribution in [3.63, 3.8) is 0 Å². The van der Waals surface area contributed by atoms with Crippen LogP contribution in [-0.2, 0) is 17.1 Å². The smallest absolute Gasteiger partial charge is 0.267 e. The molecule has 1 aliphatic rings. The Morgan fingerprint density at radius 3 is 2.30 bits per heavy atom. The van der Waals surface area contributed by atoms with Gasteiger partial charge in [-0.15, -0.1) is 0 Å². The van der Waals surface area contributed by atoms with Crippen LogP contribution >= 0.6 is 11.6 Å². The molecule has 5 rings (SSSR count). The van der Waals surface area contributed by atoms with Gasteiger partial charge in [0.05, 0.1) is 22.6 Å². The summed E-state index contributed by atoms with van der Waals surface area (Å²) < 4.78 is 36.9. The molecular weight excluding hydrogens is 586 g/mol. The van der Waals surface area contributed by atoms with Gasteiger partial charge in [-0.05, 0) is 36.6 Å². The molecule has 1 N–H and O–H groups in total. The van der Waals surface area contributed by atoms with Crippen LogP contribution in [0.4, 0.5) is 11.6 Å². The predicted octanol–water partition coefficient (Wildman–Crippen LogP) is 6.12. The molecule has 0 bridgehead atoms. The molecule has 1 fully saturated rings. The number of ether oxygens (including phenoxy) is 1. The molecule has 0 aliphatic carbocycles. The first-order valence-electron chi connectivity index (χ1n) is 14.4. The van der Waals surface area contributed by atoms with Crippen molar-refractivity contribution in [3.05, 3.63) is 71.0 Å². The molecule has 1 saturated heterocycles. The Labute approximate surface area is 258 Å². The van der Waals surface area contributed by atoms with E-state index in [1.54, 1.807) is 13.1 Å². The second-order valence-electron chi connectivity index (χ2n) is 11.5. The molecule has 43 heavy (non-hydrogen) atoms. The number of aromatic nitrogens is 4. The lowest BCUT2D eigenvalue weighted by atomic mass is 9.91. The summed E-state index contributed by atoms with van der Waals surface area (Å²) in [7, 11) is -0.247. The Morgan fingerprint density at radius 1 is 0.953 bits per heavy atom. The number of piperazine rings is 1. The fraction of sp³-hybridized carbons (Fsp3) is 0.387. The number of hydrogen-bond acceptors (Lipinski definition) is 8. The summed E-state index contributed by atoms with van der Waals surface area (Å²) in [5.74, 6) is 0.803. The standard InChI is InChI=1S/C31H38ClN7O3S/c1-20(2)24-9-7-8-10-25(24)29-28(21(3)4)30(35-31(34-29)36-43(40,41)23-18-33-38(6)19-23)42-22-11-12-27(26(32)17-22)39-15-13-37(5)14-16-39/h7-12,17-21H,13-16H2,1-6H3,(H,34,35,36). The fourth-order valence-corrected chi connectivity index (χ4v) is 6.41. The van der Waals surface area contributed by atoms with Crippen LogP contribution in [-0.4, -0.2) is 66.3 Å². The molecule has 12 heteroatoms. The van der Waals surface area contributed by atoms with Crippen molar-refractivity contribution in [1.29, 1.82) is 0 Å². The zero-order chi connectivity index (χ0) is 30.9. The van der Waals surface area contributed by atoms with E-state index in [0.29, 0.717) is 16.5 Å². The van der Waals surface area contributed by atoms with E-state index in [-0.39, 0.29) is 28.6 Å². The van der Waals surface area contributed by atoms with E-state index < -0.39 is 10.0 Å². The summed E-state index contributed by atoms with van der Waals surface area (Å²) in [6.45, 7) is 12.0. The monoisotopic (exact) mass is 623 g/mol. The van der Waals surface area contributed by atoms with Gasteiger partial charge < -0.3 is 14.5 Å². The molecule has 0 atom stereocenters. The van der Waals surface area contributed by atoms with Crippen LogP contribution in [0.25, 0.3) is 11.3 Å². The number of hydrogen-bond donors (Lipinski definition) is 1. The van der Waals surface area contributed by atoms with Crippen LogP contribution in [0.2, 0.25) is 5.02 Å². The van der Waals surface area contributed by atoms with Crippen molar-refractivity contribution in [2.45, 2.75) is 44.4 Å². The number of aryl methyl sites for hydroxylation is 1. The highest BCUT2D eigenvalue weighted by atomic mass is 35.5. The van der Waals surface area contributed by atoms with Crippen LogP contribution in [0.1, 0.15) is 50.7 Å². The van der Waals surface area contributed by atoms with E-state index in [2.05, 4.69) is 51.6 Å². The zero-order valence-electron chi connectivity index (χ0n) is 25.4. The molecule has 0 spiro atoms. The van der Waals surface area contributed by atoms with Crippen molar-refractivity contribution in [1.82, 2.24) is 24.6 Å². The minimum atomic E-state index is -4.01. The van der Waals surface area contributed by atoms with Crippen molar-refractivity contribution in [2.24, 2.45) is 7.05 Å². The minimum Gasteiger partial charge on any atom is -0.438 e. The third-order valence-electron chi connectivity index (χ3n) is 7.52. The maximum absolute atomic E-state index is 13.3. The third-order valence-corrected chi connectivity index (χ3v) is 9.11. The summed E-state index contributed by atoms with van der Waals surface area (Å²) in [5.41, 5.74) is 4.28. The molecular formula is C31H38ClN7O3S. The average molecular weight is 624 g/mol. The zero-order valence-corrected chi connectivity index (χ0v) is 26.9. The van der Waals surface area contributed by atoms with Gasteiger partial charge in [0.15, 0.2) is 0 Å². The summed E-state index contributed by atoms with van der Waals surface area (Å²) in [6.07, 6.45) is 2.70. The fourth-order valence-electron chi connectivity index (χ4n) is 5.20. The number of likely N-dealkylation sites (N-methyl/N-ethyl adjacent to an activating group) is 1. The average Bonchev–Trinajstić information content (AvgIpc) is 3.40. The van der Waals surface area contributed by atoms with Crippen molar-refractivity contribution >= 4 is 33.3 Å². The van der Waals surface area contributed by atoms with Gasteiger partial charge in [0, 0.05) is 56.6 Å². The van der Waals surface area contributed by atoms with E-state index in [9.17, 15) is 8.42 Å². The third kappa shape index (κ3) is 6.79. The summed E-state index contributed by atoms with van der Waals surface area (Å²) >= 11 is 6.77. The molecule has 2 aromatic carbocycles. The van der Waals surface area contributed by atoms with E-state index >= 15 is 0 Å². The summed E-state index contributed by atoms with van der Waals surface area (Å²) in [5, 5.41) is 4.57. The van der Waals surface area contributed by atoms with Crippen LogP contribution < -0.4 is 14.4 Å². The van der Waals surface area contributed by atoms with Gasteiger partial charge in [-0.3, -0.25) is 4.68 Å². The highest BCUT2D eigenvalue weighted by molar-refractivity contribution is 7.92. The van der Waals surface area contributed by atoms with Crippen LogP contribution in [0.3, 0.4) is 0 Å². The number of nitrogens with one attached hydrogen (secondary N) is 1. The van der Waals surface area contributed by atoms with E-state index in [1.807, 2.05) is 44.2 Å². The number of sulfonamides is 1. The molecule has 0 saturated carbocycles. The SMILES string of the molecule is CC(C)c1ccccc1-c1nc(NS(=O)(=O)c2cnn(C)c2)nc(Oc2ccc(N3CCN(C)CC3)c(Cl)c2)c1C(C)C. The topological polar surface area (TPSA) is 105 Å². The lowest BCUT2D eigenvalue weighted by Gasteiger charge is -2.34. The second kappa shape index (κ2) is 12.5. The predicted molar refractivity (Wildman–Crippen MR) is 171 cm³/mol. The number of nitrogens with zero attached hydrogens (tertiary/aromatic N) is 6. The van der Waals surface area contributed by atoms with Crippen LogP contribution in [0.15, 0.2) is 59.8 Å². The Kier molecular flexibility index (Phi) is 8.96. The van der Waals surface area contributed by atoms with Crippen molar-refractivity contribution < 1.29 is 13.2 Å². The van der Waals surface area contributed by atoms with E-state index in [4.69, 9.17) is 21.3 Å².